The molecule has 2 aromatic heterocycles. The predicted molar refractivity (Wildman–Crippen MR) is 124 cm³/mol. The smallest absolute Gasteiger partial charge is 0.271 e. The Bertz CT molecular complexity index is 1240. The van der Waals surface area contributed by atoms with Crippen LogP contribution in [0.15, 0.2) is 79.1 Å². The SMILES string of the molecule is O=C(NCC(O)CN1CCc2ccccc2C1)c1cn2cc(-c3ccccc3)ccc2n1. The average molecular weight is 427 g/mol. The van der Waals surface area contributed by atoms with E-state index in [0.29, 0.717) is 17.9 Å². The van der Waals surface area contributed by atoms with Crippen LogP contribution < -0.4 is 5.32 Å². The van der Waals surface area contributed by atoms with Gasteiger partial charge in [0.25, 0.3) is 5.91 Å². The normalized spacial score (nSPS) is 14.8. The van der Waals surface area contributed by atoms with Gasteiger partial charge in [-0.05, 0) is 40.8 Å². The number of aromatic nitrogens is 2. The number of β-amino-alcohol motifs (C(OH)–C–C–N with tert-alkyl or cyclic N) is 1. The Kier molecular flexibility index (Phi) is 5.71. The zero-order valence-corrected chi connectivity index (χ0v) is 17.8. The Morgan fingerprint density at radius 1 is 0.969 bits per heavy atom. The van der Waals surface area contributed by atoms with Crippen LogP contribution in [-0.4, -0.2) is 51.0 Å². The number of imidazole rings is 1. The zero-order chi connectivity index (χ0) is 21.9. The van der Waals surface area contributed by atoms with Crippen molar-refractivity contribution in [1.29, 1.82) is 0 Å². The molecule has 0 radical (unpaired) electrons. The van der Waals surface area contributed by atoms with Crippen LogP contribution in [0.2, 0.25) is 0 Å². The topological polar surface area (TPSA) is 69.9 Å². The summed E-state index contributed by atoms with van der Waals surface area (Å²) in [6.07, 6.45) is 4.05. The highest BCUT2D eigenvalue weighted by atomic mass is 16.3. The highest BCUT2D eigenvalue weighted by molar-refractivity contribution is 5.92. The number of nitrogens with one attached hydrogen (secondary N) is 1. The van der Waals surface area contributed by atoms with Crippen LogP contribution in [0.4, 0.5) is 0 Å². The molecular weight excluding hydrogens is 400 g/mol. The molecule has 1 aliphatic rings. The standard InChI is InChI=1S/C26H26N4O2/c31-23(17-29-13-12-20-8-4-5-9-21(20)15-29)14-27-26(32)24-18-30-16-22(10-11-25(30)28-24)19-6-2-1-3-7-19/h1-11,16,18,23,31H,12-15,17H2,(H,27,32). The molecule has 6 heteroatoms. The monoisotopic (exact) mass is 426 g/mol. The third-order valence-corrected chi connectivity index (χ3v) is 5.97. The molecule has 1 unspecified atom stereocenters. The van der Waals surface area contributed by atoms with Crippen molar-refractivity contribution in [1.82, 2.24) is 19.6 Å². The lowest BCUT2D eigenvalue weighted by molar-refractivity contribution is 0.0838. The maximum atomic E-state index is 12.6. The number of aliphatic hydroxyl groups is 1. The van der Waals surface area contributed by atoms with E-state index in [1.165, 1.54) is 11.1 Å². The predicted octanol–water partition coefficient (Wildman–Crippen LogP) is 3.15. The number of pyridine rings is 1. The highest BCUT2D eigenvalue weighted by Gasteiger charge is 2.19. The summed E-state index contributed by atoms with van der Waals surface area (Å²) in [6.45, 7) is 2.47. The number of carbonyl (C=O) groups excluding carboxylic acids is 1. The van der Waals surface area contributed by atoms with Gasteiger partial charge in [0.1, 0.15) is 11.3 Å². The third kappa shape index (κ3) is 4.42. The Morgan fingerprint density at radius 3 is 2.59 bits per heavy atom. The highest BCUT2D eigenvalue weighted by Crippen LogP contribution is 2.20. The molecule has 0 saturated heterocycles. The van der Waals surface area contributed by atoms with Crippen molar-refractivity contribution in [3.8, 4) is 11.1 Å². The number of nitrogens with zero attached hydrogens (tertiary/aromatic N) is 3. The van der Waals surface area contributed by atoms with E-state index in [1.54, 1.807) is 6.20 Å². The van der Waals surface area contributed by atoms with Crippen LogP contribution in [0.25, 0.3) is 16.8 Å². The second-order valence-corrected chi connectivity index (χ2v) is 8.29. The number of carbonyl (C=O) groups is 1. The van der Waals surface area contributed by atoms with Crippen LogP contribution in [-0.2, 0) is 13.0 Å². The van der Waals surface area contributed by atoms with Gasteiger partial charge in [0.05, 0.1) is 6.10 Å². The summed E-state index contributed by atoms with van der Waals surface area (Å²) in [7, 11) is 0. The molecule has 2 N–H and O–H groups in total. The summed E-state index contributed by atoms with van der Waals surface area (Å²) in [4.78, 5) is 19.3. The molecule has 162 valence electrons. The van der Waals surface area contributed by atoms with Gasteiger partial charge in [-0.25, -0.2) is 4.98 Å². The van der Waals surface area contributed by atoms with Crippen molar-refractivity contribution >= 4 is 11.6 Å². The van der Waals surface area contributed by atoms with Gasteiger partial charge < -0.3 is 14.8 Å². The molecule has 0 spiro atoms. The number of hydrogen-bond acceptors (Lipinski definition) is 4. The van der Waals surface area contributed by atoms with E-state index in [0.717, 1.165) is 30.6 Å². The fourth-order valence-corrected chi connectivity index (χ4v) is 4.28. The molecule has 0 aliphatic carbocycles. The lowest BCUT2D eigenvalue weighted by atomic mass is 10.00. The van der Waals surface area contributed by atoms with Crippen LogP contribution in [0.3, 0.4) is 0 Å². The van der Waals surface area contributed by atoms with Gasteiger partial charge in [-0.1, -0.05) is 54.6 Å². The molecule has 4 aromatic rings. The fourth-order valence-electron chi connectivity index (χ4n) is 4.28. The van der Waals surface area contributed by atoms with Gasteiger partial charge in [0.15, 0.2) is 0 Å². The minimum Gasteiger partial charge on any atom is -0.390 e. The van der Waals surface area contributed by atoms with Gasteiger partial charge in [0, 0.05) is 38.6 Å². The van der Waals surface area contributed by atoms with Gasteiger partial charge in [-0.2, -0.15) is 0 Å². The zero-order valence-electron chi connectivity index (χ0n) is 17.8. The first kappa shape index (κ1) is 20.4. The number of fused-ring (bicyclic) bond motifs is 2. The minimum atomic E-state index is -0.633. The second-order valence-electron chi connectivity index (χ2n) is 8.29. The molecule has 0 fully saturated rings. The molecule has 1 amide bonds. The summed E-state index contributed by atoms with van der Waals surface area (Å²) < 4.78 is 1.86. The Balaban J connectivity index is 1.19. The summed E-state index contributed by atoms with van der Waals surface area (Å²) in [5.74, 6) is -0.280. The van der Waals surface area contributed by atoms with E-state index < -0.39 is 6.10 Å². The number of benzene rings is 2. The molecule has 6 nitrogen and oxygen atoms in total. The summed E-state index contributed by atoms with van der Waals surface area (Å²) in [6, 6.07) is 22.4. The number of rotatable bonds is 6. The number of hydrogen-bond donors (Lipinski definition) is 2. The molecular formula is C26H26N4O2. The van der Waals surface area contributed by atoms with E-state index >= 15 is 0 Å². The van der Waals surface area contributed by atoms with E-state index in [4.69, 9.17) is 0 Å². The molecule has 32 heavy (non-hydrogen) atoms. The van der Waals surface area contributed by atoms with Gasteiger partial charge in [-0.3, -0.25) is 9.69 Å². The van der Waals surface area contributed by atoms with Gasteiger partial charge >= 0.3 is 0 Å². The minimum absolute atomic E-state index is 0.195. The summed E-state index contributed by atoms with van der Waals surface area (Å²) >= 11 is 0. The Labute approximate surface area is 187 Å². The van der Waals surface area contributed by atoms with Crippen molar-refractivity contribution in [2.75, 3.05) is 19.6 Å². The second kappa shape index (κ2) is 8.94. The van der Waals surface area contributed by atoms with Gasteiger partial charge in [-0.15, -0.1) is 0 Å². The quantitative estimate of drug-likeness (QED) is 0.497. The largest absolute Gasteiger partial charge is 0.390 e. The fraction of sp³-hybridized carbons (Fsp3) is 0.231. The Hall–Kier alpha value is -3.48. The van der Waals surface area contributed by atoms with Crippen molar-refractivity contribution in [3.63, 3.8) is 0 Å². The molecule has 3 heterocycles. The van der Waals surface area contributed by atoms with E-state index in [9.17, 15) is 9.90 Å². The van der Waals surface area contributed by atoms with E-state index in [-0.39, 0.29) is 12.5 Å². The molecule has 1 aliphatic heterocycles. The molecule has 0 bridgehead atoms. The van der Waals surface area contributed by atoms with Crippen molar-refractivity contribution in [2.24, 2.45) is 0 Å². The van der Waals surface area contributed by atoms with Gasteiger partial charge in [0.2, 0.25) is 0 Å². The van der Waals surface area contributed by atoms with E-state index in [1.807, 2.05) is 53.1 Å². The van der Waals surface area contributed by atoms with Crippen molar-refractivity contribution in [3.05, 3.63) is 95.9 Å². The lowest BCUT2D eigenvalue weighted by Crippen LogP contribution is -2.42. The van der Waals surface area contributed by atoms with Crippen molar-refractivity contribution in [2.45, 2.75) is 19.1 Å². The van der Waals surface area contributed by atoms with Crippen LogP contribution in [0.5, 0.6) is 0 Å². The van der Waals surface area contributed by atoms with E-state index in [2.05, 4.69) is 39.5 Å². The number of amides is 1. The lowest BCUT2D eigenvalue weighted by Gasteiger charge is -2.30. The third-order valence-electron chi connectivity index (χ3n) is 5.97. The first-order valence-corrected chi connectivity index (χ1v) is 11.0. The summed E-state index contributed by atoms with van der Waals surface area (Å²) in [5.41, 5.74) is 5.92. The maximum absolute atomic E-state index is 12.6. The van der Waals surface area contributed by atoms with Crippen LogP contribution in [0, 0.1) is 0 Å². The first-order chi connectivity index (χ1) is 15.7. The average Bonchev–Trinajstić information content (AvgIpc) is 3.27. The molecule has 2 aromatic carbocycles. The van der Waals surface area contributed by atoms with Crippen LogP contribution in [0.1, 0.15) is 21.6 Å². The van der Waals surface area contributed by atoms with Crippen molar-refractivity contribution < 1.29 is 9.90 Å². The molecule has 1 atom stereocenters. The Morgan fingerprint density at radius 2 is 1.75 bits per heavy atom. The summed E-state index contributed by atoms with van der Waals surface area (Å²) in [5, 5.41) is 13.3. The molecule has 5 rings (SSSR count). The molecule has 0 saturated carbocycles. The maximum Gasteiger partial charge on any atom is 0.271 e. The first-order valence-electron chi connectivity index (χ1n) is 11.0. The van der Waals surface area contributed by atoms with Crippen LogP contribution >= 0.6 is 0 Å². The number of aliphatic hydroxyl groups excluding tert-OH is 1.